The minimum absolute atomic E-state index is 0.0282. The smallest absolute Gasteiger partial charge is 0.362 e. The summed E-state index contributed by atoms with van der Waals surface area (Å²) in [6.07, 6.45) is -4.43. The molecule has 0 heterocycles. The Balaban J connectivity index is 3.03. The number of hydrogen-bond acceptors (Lipinski definition) is 3. The van der Waals surface area contributed by atoms with Crippen molar-refractivity contribution >= 4 is 31.5 Å². The highest BCUT2D eigenvalue weighted by molar-refractivity contribution is 9.09. The van der Waals surface area contributed by atoms with Crippen LogP contribution in [-0.4, -0.2) is 38.8 Å². The minimum atomic E-state index is -4.75. The molecular weight excluding hydrogens is 385 g/mol. The van der Waals surface area contributed by atoms with Gasteiger partial charge in [-0.2, -0.15) is 22.0 Å². The third-order valence-electron chi connectivity index (χ3n) is 2.49. The molecule has 0 aromatic heterocycles. The molecule has 21 heavy (non-hydrogen) atoms. The summed E-state index contributed by atoms with van der Waals surface area (Å²) in [5.41, 5.74) is 0.0972. The fourth-order valence-electron chi connectivity index (χ4n) is 1.57. The van der Waals surface area contributed by atoms with Gasteiger partial charge in [0.05, 0.1) is 4.90 Å². The van der Waals surface area contributed by atoms with Crippen LogP contribution in [0.5, 0.6) is 0 Å². The average Bonchev–Trinajstić information content (AvgIpc) is 2.36. The lowest BCUT2D eigenvalue weighted by molar-refractivity contribution is -0.119. The summed E-state index contributed by atoms with van der Waals surface area (Å²) in [4.78, 5) is 0.333. The van der Waals surface area contributed by atoms with Crippen molar-refractivity contribution in [2.24, 2.45) is 0 Å². The van der Waals surface area contributed by atoms with Gasteiger partial charge in [-0.3, -0.25) is 0 Å². The summed E-state index contributed by atoms with van der Waals surface area (Å²) in [5, 5.41) is 0.264. The molecule has 0 aliphatic rings. The van der Waals surface area contributed by atoms with Gasteiger partial charge >= 0.3 is 11.9 Å². The van der Waals surface area contributed by atoms with Crippen LogP contribution in [0.3, 0.4) is 0 Å². The monoisotopic (exact) mass is 395 g/mol. The molecule has 0 aliphatic carbocycles. The molecule has 1 rings (SSSR count). The van der Waals surface area contributed by atoms with Crippen molar-refractivity contribution in [3.63, 3.8) is 0 Å². The van der Waals surface area contributed by atoms with Gasteiger partial charge in [-0.1, -0.05) is 15.9 Å². The average molecular weight is 396 g/mol. The highest BCUT2D eigenvalue weighted by Gasteiger charge is 2.31. The molecule has 0 amide bonds. The maximum atomic E-state index is 12.4. The first kappa shape index (κ1) is 18.1. The standard InChI is InChI=1S/C11H11BrF5NO2S/c12-5-6-18(7-11(15,16)17)8-1-3-9(4-2-8)21(19,20)10(13)14/h1-4,10H,5-7H2. The maximum Gasteiger partial charge on any atom is 0.405 e. The van der Waals surface area contributed by atoms with Crippen molar-refractivity contribution in [2.75, 3.05) is 23.3 Å². The second kappa shape index (κ2) is 6.91. The zero-order valence-electron chi connectivity index (χ0n) is 10.4. The van der Waals surface area contributed by atoms with Gasteiger partial charge in [-0.05, 0) is 24.3 Å². The summed E-state index contributed by atoms with van der Waals surface area (Å²) in [6.45, 7) is -1.19. The molecule has 0 unspecified atom stereocenters. The Morgan fingerprint density at radius 2 is 1.67 bits per heavy atom. The summed E-state index contributed by atoms with van der Waals surface area (Å²) in [6, 6.07) is 3.89. The largest absolute Gasteiger partial charge is 0.405 e. The molecule has 0 fully saturated rings. The molecule has 0 radical (unpaired) electrons. The predicted octanol–water partition coefficient (Wildman–Crippen LogP) is 3.45. The van der Waals surface area contributed by atoms with E-state index < -0.39 is 33.2 Å². The lowest BCUT2D eigenvalue weighted by Gasteiger charge is -2.25. The normalized spacial score (nSPS) is 12.7. The molecule has 0 bridgehead atoms. The van der Waals surface area contributed by atoms with Gasteiger partial charge in [0.25, 0.3) is 0 Å². The molecule has 0 aliphatic heterocycles. The number of alkyl halides is 6. The van der Waals surface area contributed by atoms with E-state index in [2.05, 4.69) is 15.9 Å². The maximum absolute atomic E-state index is 12.4. The summed E-state index contributed by atoms with van der Waals surface area (Å²) in [5.74, 6) is -3.57. The zero-order valence-corrected chi connectivity index (χ0v) is 12.9. The second-order valence-corrected chi connectivity index (χ2v) is 6.74. The van der Waals surface area contributed by atoms with Gasteiger partial charge in [-0.15, -0.1) is 0 Å². The van der Waals surface area contributed by atoms with Crippen molar-refractivity contribution in [1.82, 2.24) is 0 Å². The lowest BCUT2D eigenvalue weighted by Crippen LogP contribution is -2.35. The third-order valence-corrected chi connectivity index (χ3v) is 4.24. The number of halogens is 6. The molecule has 1 aromatic carbocycles. The van der Waals surface area contributed by atoms with Crippen LogP contribution >= 0.6 is 15.9 Å². The highest BCUT2D eigenvalue weighted by Crippen LogP contribution is 2.25. The molecular formula is C11H11BrF5NO2S. The molecule has 120 valence electrons. The molecule has 0 spiro atoms. The van der Waals surface area contributed by atoms with Crippen molar-refractivity contribution in [2.45, 2.75) is 16.8 Å². The van der Waals surface area contributed by atoms with E-state index in [-0.39, 0.29) is 17.6 Å². The molecule has 3 nitrogen and oxygen atoms in total. The Bertz CT molecular complexity index is 559. The number of hydrogen-bond donors (Lipinski definition) is 0. The van der Waals surface area contributed by atoms with Crippen LogP contribution in [0, 0.1) is 0 Å². The van der Waals surface area contributed by atoms with Crippen LogP contribution in [0.15, 0.2) is 29.2 Å². The van der Waals surface area contributed by atoms with Crippen LogP contribution in [0.25, 0.3) is 0 Å². The fraction of sp³-hybridized carbons (Fsp3) is 0.455. The topological polar surface area (TPSA) is 37.4 Å². The van der Waals surface area contributed by atoms with E-state index >= 15 is 0 Å². The molecule has 0 saturated heterocycles. The number of rotatable bonds is 6. The van der Waals surface area contributed by atoms with Gasteiger partial charge in [0, 0.05) is 17.6 Å². The van der Waals surface area contributed by atoms with Gasteiger partial charge in [0.15, 0.2) is 0 Å². The molecule has 10 heteroatoms. The predicted molar refractivity (Wildman–Crippen MR) is 71.7 cm³/mol. The van der Waals surface area contributed by atoms with Gasteiger partial charge in [0.1, 0.15) is 6.54 Å². The van der Waals surface area contributed by atoms with E-state index in [0.29, 0.717) is 0 Å². The van der Waals surface area contributed by atoms with Crippen LogP contribution < -0.4 is 4.90 Å². The molecule has 0 saturated carbocycles. The van der Waals surface area contributed by atoms with E-state index in [1.807, 2.05) is 0 Å². The Hall–Kier alpha value is -0.900. The van der Waals surface area contributed by atoms with Gasteiger partial charge in [0.2, 0.25) is 9.84 Å². The van der Waals surface area contributed by atoms with E-state index in [1.54, 1.807) is 0 Å². The Morgan fingerprint density at radius 3 is 2.05 bits per heavy atom. The summed E-state index contributed by atoms with van der Waals surface area (Å²) in [7, 11) is -4.75. The first-order valence-electron chi connectivity index (χ1n) is 5.57. The lowest BCUT2D eigenvalue weighted by atomic mass is 10.3. The van der Waals surface area contributed by atoms with Crippen molar-refractivity contribution in [3.05, 3.63) is 24.3 Å². The van der Waals surface area contributed by atoms with E-state index in [4.69, 9.17) is 0 Å². The quantitative estimate of drug-likeness (QED) is 0.546. The van der Waals surface area contributed by atoms with E-state index in [9.17, 15) is 30.4 Å². The molecule has 0 atom stereocenters. The Kier molecular flexibility index (Phi) is 5.97. The number of benzene rings is 1. The first-order valence-corrected chi connectivity index (χ1v) is 8.24. The Morgan fingerprint density at radius 1 is 1.14 bits per heavy atom. The van der Waals surface area contributed by atoms with Crippen molar-refractivity contribution in [3.8, 4) is 0 Å². The SMILES string of the molecule is O=S(=O)(c1ccc(N(CCBr)CC(F)(F)F)cc1)C(F)F. The van der Waals surface area contributed by atoms with Gasteiger partial charge < -0.3 is 4.90 Å². The van der Waals surface area contributed by atoms with E-state index in [0.717, 1.165) is 29.2 Å². The molecule has 1 aromatic rings. The second-order valence-electron chi connectivity index (χ2n) is 4.03. The van der Waals surface area contributed by atoms with Crippen LogP contribution in [-0.2, 0) is 9.84 Å². The van der Waals surface area contributed by atoms with Crippen molar-refractivity contribution in [1.29, 1.82) is 0 Å². The van der Waals surface area contributed by atoms with Crippen LogP contribution in [0.1, 0.15) is 0 Å². The Labute approximate surface area is 126 Å². The van der Waals surface area contributed by atoms with Crippen LogP contribution in [0.2, 0.25) is 0 Å². The fourth-order valence-corrected chi connectivity index (χ4v) is 2.72. The van der Waals surface area contributed by atoms with Gasteiger partial charge in [-0.25, -0.2) is 8.42 Å². The van der Waals surface area contributed by atoms with Crippen LogP contribution in [0.4, 0.5) is 27.6 Å². The number of nitrogens with zero attached hydrogens (tertiary/aromatic N) is 1. The van der Waals surface area contributed by atoms with E-state index in [1.165, 1.54) is 0 Å². The molecule has 0 N–H and O–H groups in total. The summed E-state index contributed by atoms with van der Waals surface area (Å²) < 4.78 is 84.4. The number of anilines is 1. The highest BCUT2D eigenvalue weighted by atomic mass is 79.9. The number of sulfone groups is 1. The van der Waals surface area contributed by atoms with Crippen molar-refractivity contribution < 1.29 is 30.4 Å². The zero-order chi connectivity index (χ0) is 16.3. The summed E-state index contributed by atoms with van der Waals surface area (Å²) >= 11 is 3.02. The minimum Gasteiger partial charge on any atom is -0.362 e. The third kappa shape index (κ3) is 5.10. The first-order chi connectivity index (χ1) is 9.58.